The van der Waals surface area contributed by atoms with Crippen LogP contribution in [0.5, 0.6) is 0 Å². The van der Waals surface area contributed by atoms with Crippen molar-refractivity contribution < 1.29 is 29.3 Å². The minimum Gasteiger partial charge on any atom is -0.479 e. The van der Waals surface area contributed by atoms with E-state index in [0.29, 0.717) is 11.3 Å². The number of hydrogen-bond donors (Lipinski definition) is 2. The number of morpholine rings is 1. The third kappa shape index (κ3) is 3.49. The van der Waals surface area contributed by atoms with Crippen LogP contribution in [0.1, 0.15) is 23.2 Å². The minimum absolute atomic E-state index is 0.0310. The Labute approximate surface area is 144 Å². The van der Waals surface area contributed by atoms with Crippen LogP contribution in [0, 0.1) is 0 Å². The molecule has 0 spiro atoms. The van der Waals surface area contributed by atoms with Gasteiger partial charge >= 0.3 is 5.97 Å². The molecule has 8 heteroatoms. The largest absolute Gasteiger partial charge is 0.479 e. The fourth-order valence-electron chi connectivity index (χ4n) is 3.10. The fraction of sp³-hybridized carbons (Fsp3) is 0.471. The molecule has 2 fully saturated rings. The quantitative estimate of drug-likeness (QED) is 0.799. The Morgan fingerprint density at radius 2 is 1.76 bits per heavy atom. The summed E-state index contributed by atoms with van der Waals surface area (Å²) in [5.41, 5.74) is 1.09. The minimum atomic E-state index is -1.91. The van der Waals surface area contributed by atoms with Gasteiger partial charge in [0.25, 0.3) is 11.8 Å². The molecule has 8 nitrogen and oxygen atoms in total. The van der Waals surface area contributed by atoms with Crippen molar-refractivity contribution in [2.75, 3.05) is 31.1 Å². The summed E-state index contributed by atoms with van der Waals surface area (Å²) in [6, 6.07) is 6.61. The summed E-state index contributed by atoms with van der Waals surface area (Å²) in [6.45, 7) is 1.89. The molecule has 1 aromatic carbocycles. The number of aliphatic hydroxyl groups is 1. The molecule has 134 valence electrons. The zero-order valence-corrected chi connectivity index (χ0v) is 13.6. The van der Waals surface area contributed by atoms with Crippen LogP contribution in [0.2, 0.25) is 0 Å². The predicted octanol–water partition coefficient (Wildman–Crippen LogP) is 0.0999. The van der Waals surface area contributed by atoms with Crippen LogP contribution in [0.15, 0.2) is 24.3 Å². The van der Waals surface area contributed by atoms with E-state index in [4.69, 9.17) is 9.84 Å². The van der Waals surface area contributed by atoms with E-state index in [-0.39, 0.29) is 19.1 Å². The molecule has 2 saturated heterocycles. The monoisotopic (exact) mass is 348 g/mol. The maximum atomic E-state index is 12.4. The molecular weight excluding hydrogens is 328 g/mol. The highest BCUT2D eigenvalue weighted by atomic mass is 16.5. The van der Waals surface area contributed by atoms with E-state index in [9.17, 15) is 19.5 Å². The van der Waals surface area contributed by atoms with E-state index in [1.54, 1.807) is 29.2 Å². The number of rotatable bonds is 4. The molecule has 2 N–H and O–H groups in total. The first-order valence-corrected chi connectivity index (χ1v) is 8.22. The van der Waals surface area contributed by atoms with Crippen LogP contribution in [0.4, 0.5) is 5.69 Å². The smallest absolute Gasteiger partial charge is 0.335 e. The topological polar surface area (TPSA) is 107 Å². The molecule has 3 rings (SSSR count). The van der Waals surface area contributed by atoms with Gasteiger partial charge in [0.15, 0.2) is 12.2 Å². The van der Waals surface area contributed by atoms with Crippen LogP contribution in [-0.4, -0.2) is 71.3 Å². The number of carbonyl (C=O) groups excluding carboxylic acids is 2. The molecule has 0 saturated carbocycles. The van der Waals surface area contributed by atoms with E-state index in [1.165, 1.54) is 4.90 Å². The molecule has 0 radical (unpaired) electrons. The number of carbonyl (C=O) groups is 3. The van der Waals surface area contributed by atoms with Gasteiger partial charge in [0.1, 0.15) is 0 Å². The maximum absolute atomic E-state index is 12.4. The number of likely N-dealkylation sites (tertiary alicyclic amines) is 1. The summed E-state index contributed by atoms with van der Waals surface area (Å²) >= 11 is 0. The summed E-state index contributed by atoms with van der Waals surface area (Å²) in [6.07, 6.45) is -1.32. The Morgan fingerprint density at radius 1 is 1.12 bits per heavy atom. The first-order valence-electron chi connectivity index (χ1n) is 8.22. The van der Waals surface area contributed by atoms with Gasteiger partial charge in [0, 0.05) is 30.9 Å². The average molecular weight is 348 g/mol. The van der Waals surface area contributed by atoms with Gasteiger partial charge in [0.2, 0.25) is 0 Å². The van der Waals surface area contributed by atoms with Crippen molar-refractivity contribution in [2.45, 2.75) is 25.0 Å². The van der Waals surface area contributed by atoms with Crippen molar-refractivity contribution in [1.82, 2.24) is 4.90 Å². The number of carboxylic acids is 1. The van der Waals surface area contributed by atoms with Gasteiger partial charge in [-0.3, -0.25) is 9.59 Å². The van der Waals surface area contributed by atoms with Crippen LogP contribution in [0.25, 0.3) is 0 Å². The van der Waals surface area contributed by atoms with Crippen LogP contribution >= 0.6 is 0 Å². The number of anilines is 1. The lowest BCUT2D eigenvalue weighted by atomic mass is 10.1. The number of benzene rings is 1. The Balaban J connectivity index is 1.74. The molecule has 2 aliphatic heterocycles. The number of hydrogen-bond acceptors (Lipinski definition) is 5. The predicted molar refractivity (Wildman–Crippen MR) is 87.3 cm³/mol. The second-order valence-corrected chi connectivity index (χ2v) is 6.11. The molecule has 2 amide bonds. The lowest BCUT2D eigenvalue weighted by Crippen LogP contribution is -2.54. The summed E-state index contributed by atoms with van der Waals surface area (Å²) in [4.78, 5) is 38.8. The standard InChI is InChI=1S/C17H20N2O6/c20-13(17(23)24)14-16(22)19(9-10-25-14)12-5-3-11(4-6-12)15(21)18-7-1-2-8-18/h3-6,13-14,20H,1-2,7-10H2,(H,23,24). The third-order valence-electron chi connectivity index (χ3n) is 4.48. The van der Waals surface area contributed by atoms with E-state index in [1.807, 2.05) is 0 Å². The number of carboxylic acid groups (broad SMARTS) is 1. The first kappa shape index (κ1) is 17.4. The second-order valence-electron chi connectivity index (χ2n) is 6.11. The number of aliphatic hydroxyl groups excluding tert-OH is 1. The zero-order chi connectivity index (χ0) is 18.0. The molecular formula is C17H20N2O6. The number of aliphatic carboxylic acids is 1. The van der Waals surface area contributed by atoms with Crippen molar-refractivity contribution in [1.29, 1.82) is 0 Å². The third-order valence-corrected chi connectivity index (χ3v) is 4.48. The maximum Gasteiger partial charge on any atom is 0.335 e. The van der Waals surface area contributed by atoms with Crippen LogP contribution in [-0.2, 0) is 14.3 Å². The van der Waals surface area contributed by atoms with Crippen molar-refractivity contribution in [2.24, 2.45) is 0 Å². The lowest BCUT2D eigenvalue weighted by molar-refractivity contribution is -0.163. The zero-order valence-electron chi connectivity index (χ0n) is 13.6. The molecule has 25 heavy (non-hydrogen) atoms. The molecule has 2 unspecified atom stereocenters. The lowest BCUT2D eigenvalue weighted by Gasteiger charge is -2.33. The van der Waals surface area contributed by atoms with Crippen molar-refractivity contribution in [3.63, 3.8) is 0 Å². The number of nitrogens with zero attached hydrogens (tertiary/aromatic N) is 2. The molecule has 0 bridgehead atoms. The van der Waals surface area contributed by atoms with Gasteiger partial charge in [-0.05, 0) is 37.1 Å². The van der Waals surface area contributed by atoms with Gasteiger partial charge in [-0.1, -0.05) is 0 Å². The summed E-state index contributed by atoms with van der Waals surface area (Å²) in [5.74, 6) is -2.15. The normalized spacial score (nSPS) is 22.1. The van der Waals surface area contributed by atoms with E-state index in [2.05, 4.69) is 0 Å². The van der Waals surface area contributed by atoms with E-state index >= 15 is 0 Å². The second kappa shape index (κ2) is 7.20. The van der Waals surface area contributed by atoms with Crippen molar-refractivity contribution in [3.05, 3.63) is 29.8 Å². The highest BCUT2D eigenvalue weighted by molar-refractivity contribution is 6.01. The SMILES string of the molecule is O=C(O)C(O)C1OCCN(c2ccc(C(=O)N3CCCC3)cc2)C1=O. The summed E-state index contributed by atoms with van der Waals surface area (Å²) in [5, 5.41) is 18.5. The molecule has 0 aromatic heterocycles. The van der Waals surface area contributed by atoms with Crippen molar-refractivity contribution in [3.8, 4) is 0 Å². The first-order chi connectivity index (χ1) is 12.0. The van der Waals surface area contributed by atoms with Crippen LogP contribution < -0.4 is 4.90 Å². The highest BCUT2D eigenvalue weighted by Crippen LogP contribution is 2.22. The Bertz CT molecular complexity index is 668. The Morgan fingerprint density at radius 3 is 2.36 bits per heavy atom. The molecule has 0 aliphatic carbocycles. The van der Waals surface area contributed by atoms with Crippen molar-refractivity contribution >= 4 is 23.5 Å². The molecule has 2 heterocycles. The van der Waals surface area contributed by atoms with Gasteiger partial charge in [-0.15, -0.1) is 0 Å². The number of ether oxygens (including phenoxy) is 1. The average Bonchev–Trinajstić information content (AvgIpc) is 3.15. The van der Waals surface area contributed by atoms with Gasteiger partial charge in [-0.25, -0.2) is 4.79 Å². The van der Waals surface area contributed by atoms with Gasteiger partial charge in [0.05, 0.1) is 6.61 Å². The van der Waals surface area contributed by atoms with Gasteiger partial charge in [-0.2, -0.15) is 0 Å². The van der Waals surface area contributed by atoms with Crippen LogP contribution in [0.3, 0.4) is 0 Å². The van der Waals surface area contributed by atoms with E-state index < -0.39 is 24.1 Å². The molecule has 2 atom stereocenters. The van der Waals surface area contributed by atoms with E-state index in [0.717, 1.165) is 25.9 Å². The number of amides is 2. The highest BCUT2D eigenvalue weighted by Gasteiger charge is 2.39. The van der Waals surface area contributed by atoms with Gasteiger partial charge < -0.3 is 24.7 Å². The Kier molecular flexibility index (Phi) is 5.00. The Hall–Kier alpha value is -2.45. The molecule has 1 aromatic rings. The fourth-order valence-corrected chi connectivity index (χ4v) is 3.10. The summed E-state index contributed by atoms with van der Waals surface area (Å²) in [7, 11) is 0. The molecule has 2 aliphatic rings. The summed E-state index contributed by atoms with van der Waals surface area (Å²) < 4.78 is 5.11.